The van der Waals surface area contributed by atoms with E-state index in [9.17, 15) is 18.0 Å². The number of benzene rings is 1. The molecule has 3 aliphatic rings. The van der Waals surface area contributed by atoms with Crippen molar-refractivity contribution in [3.05, 3.63) is 47.5 Å². The summed E-state index contributed by atoms with van der Waals surface area (Å²) in [5.41, 5.74) is 1.24. The van der Waals surface area contributed by atoms with E-state index in [1.165, 1.54) is 18.6 Å². The van der Waals surface area contributed by atoms with Crippen LogP contribution in [0.5, 0.6) is 5.75 Å². The van der Waals surface area contributed by atoms with E-state index in [-0.39, 0.29) is 18.4 Å². The molecular weight excluding hydrogens is 457 g/mol. The van der Waals surface area contributed by atoms with Crippen molar-refractivity contribution in [3.63, 3.8) is 0 Å². The largest absolute Gasteiger partial charge is 0.493 e. The highest BCUT2D eigenvalue weighted by Gasteiger charge is 2.57. The molecule has 2 aromatic rings. The number of ether oxygens (including phenoxy) is 1. The van der Waals surface area contributed by atoms with E-state index in [1.807, 2.05) is 19.3 Å². The fraction of sp³-hybridized carbons (Fsp3) is 0.577. The van der Waals surface area contributed by atoms with Gasteiger partial charge >= 0.3 is 0 Å². The Hall–Kier alpha value is -2.84. The quantitative estimate of drug-likeness (QED) is 0.570. The lowest BCUT2D eigenvalue weighted by atomic mass is 9.90. The van der Waals surface area contributed by atoms with Gasteiger partial charge in [-0.3, -0.25) is 4.79 Å². The second kappa shape index (κ2) is 9.66. The molecule has 35 heavy (non-hydrogen) atoms. The summed E-state index contributed by atoms with van der Waals surface area (Å²) in [5, 5.41) is 2.24. The highest BCUT2D eigenvalue weighted by molar-refractivity contribution is 5.79. The summed E-state index contributed by atoms with van der Waals surface area (Å²) in [6.07, 6.45) is 7.57. The molecule has 1 aromatic carbocycles. The molecule has 1 amide bonds. The molecule has 3 atom stereocenters. The van der Waals surface area contributed by atoms with Crippen molar-refractivity contribution in [1.29, 1.82) is 0 Å². The smallest absolute Gasteiger partial charge is 0.270 e. The van der Waals surface area contributed by atoms with Crippen LogP contribution in [-0.4, -0.2) is 47.5 Å². The lowest BCUT2D eigenvalue weighted by molar-refractivity contribution is -0.121. The number of halogens is 3. The van der Waals surface area contributed by atoms with Crippen molar-refractivity contribution >= 4 is 11.9 Å². The van der Waals surface area contributed by atoms with Gasteiger partial charge in [0.2, 0.25) is 11.9 Å². The maximum atomic E-state index is 14.4. The van der Waals surface area contributed by atoms with Gasteiger partial charge in [-0.1, -0.05) is 6.07 Å². The van der Waals surface area contributed by atoms with Crippen molar-refractivity contribution in [2.75, 3.05) is 24.6 Å². The Morgan fingerprint density at radius 2 is 1.94 bits per heavy atom. The number of rotatable bonds is 9. The van der Waals surface area contributed by atoms with Gasteiger partial charge in [-0.15, -0.1) is 0 Å². The molecule has 0 bridgehead atoms. The zero-order valence-corrected chi connectivity index (χ0v) is 19.9. The van der Waals surface area contributed by atoms with E-state index in [0.29, 0.717) is 18.3 Å². The first kappa shape index (κ1) is 23.9. The van der Waals surface area contributed by atoms with E-state index in [2.05, 4.69) is 20.2 Å². The van der Waals surface area contributed by atoms with Crippen molar-refractivity contribution in [2.45, 2.75) is 57.4 Å². The first-order chi connectivity index (χ1) is 16.8. The molecule has 5 rings (SSSR count). The molecule has 9 heteroatoms. The van der Waals surface area contributed by atoms with Crippen LogP contribution in [0.25, 0.3) is 0 Å². The third-order valence-corrected chi connectivity index (χ3v) is 7.47. The monoisotopic (exact) mass is 488 g/mol. The molecular formula is C26H31F3N4O2. The maximum Gasteiger partial charge on any atom is 0.270 e. The van der Waals surface area contributed by atoms with Gasteiger partial charge in [-0.05, 0) is 67.6 Å². The first-order valence-corrected chi connectivity index (χ1v) is 12.4. The number of amides is 1. The van der Waals surface area contributed by atoms with Gasteiger partial charge in [0, 0.05) is 38.0 Å². The van der Waals surface area contributed by atoms with Crippen LogP contribution in [0, 0.1) is 30.5 Å². The predicted molar refractivity (Wildman–Crippen MR) is 125 cm³/mol. The van der Waals surface area contributed by atoms with Gasteiger partial charge in [0.05, 0.1) is 19.1 Å². The van der Waals surface area contributed by atoms with E-state index >= 15 is 0 Å². The van der Waals surface area contributed by atoms with Gasteiger partial charge in [0.15, 0.2) is 0 Å². The van der Waals surface area contributed by atoms with Crippen LogP contribution in [0.4, 0.5) is 19.1 Å². The summed E-state index contributed by atoms with van der Waals surface area (Å²) in [5.74, 6) is -0.653. The zero-order valence-electron chi connectivity index (χ0n) is 19.9. The van der Waals surface area contributed by atoms with Crippen LogP contribution in [-0.2, 0) is 11.2 Å². The van der Waals surface area contributed by atoms with E-state index in [4.69, 9.17) is 4.74 Å². The Morgan fingerprint density at radius 1 is 1.23 bits per heavy atom. The minimum Gasteiger partial charge on any atom is -0.493 e. The second-order valence-electron chi connectivity index (χ2n) is 10.2. The summed E-state index contributed by atoms with van der Waals surface area (Å²) in [6.45, 7) is 4.48. The molecule has 1 unspecified atom stereocenters. The molecule has 2 heterocycles. The van der Waals surface area contributed by atoms with Crippen LogP contribution in [0.15, 0.2) is 30.6 Å². The summed E-state index contributed by atoms with van der Waals surface area (Å²) in [4.78, 5) is 23.0. The molecule has 2 saturated carbocycles. The second-order valence-corrected chi connectivity index (χ2v) is 10.2. The summed E-state index contributed by atoms with van der Waals surface area (Å²) >= 11 is 0. The number of aromatic nitrogens is 2. The molecule has 0 radical (unpaired) electrons. The normalized spacial score (nSPS) is 25.3. The number of anilines is 1. The number of nitrogens with zero attached hydrogens (tertiary/aromatic N) is 3. The van der Waals surface area contributed by atoms with Crippen molar-refractivity contribution in [2.24, 2.45) is 17.8 Å². The maximum absolute atomic E-state index is 14.4. The Morgan fingerprint density at radius 3 is 2.60 bits per heavy atom. The average molecular weight is 489 g/mol. The fourth-order valence-corrected chi connectivity index (χ4v) is 5.13. The fourth-order valence-electron chi connectivity index (χ4n) is 5.13. The van der Waals surface area contributed by atoms with E-state index < -0.39 is 23.7 Å². The van der Waals surface area contributed by atoms with Gasteiger partial charge in [0.1, 0.15) is 11.6 Å². The molecule has 6 nitrogen and oxygen atoms in total. The highest BCUT2D eigenvalue weighted by Crippen LogP contribution is 2.50. The number of carbonyl (C=O) groups excluding carboxylic acids is 1. The summed E-state index contributed by atoms with van der Waals surface area (Å²) in [6, 6.07) is 3.26. The standard InChI is InChI=1S/C26H31F3N4O2/c1-16-14-30-25(31-15-16)33-7-4-17(5-8-33)21-10-18(21)6-9-35-20-3-2-19(22(27)12-20)11-24(34)32-23-13-26(23,28)29/h2-3,12,14-15,17-18,21,23H,4-11,13H2,1H3,(H,32,34)/t18-,21-,23?/m1/s1. The van der Waals surface area contributed by atoms with Crippen LogP contribution in [0.1, 0.15) is 43.2 Å². The topological polar surface area (TPSA) is 67.4 Å². The first-order valence-electron chi connectivity index (χ1n) is 12.4. The van der Waals surface area contributed by atoms with Gasteiger partial charge in [0.25, 0.3) is 5.92 Å². The van der Waals surface area contributed by atoms with Gasteiger partial charge in [-0.25, -0.2) is 23.1 Å². The Kier molecular flexibility index (Phi) is 6.59. The third-order valence-electron chi connectivity index (χ3n) is 7.47. The van der Waals surface area contributed by atoms with Crippen molar-refractivity contribution in [3.8, 4) is 5.75 Å². The average Bonchev–Trinajstić information content (AvgIpc) is 3.73. The molecule has 0 spiro atoms. The zero-order chi connectivity index (χ0) is 24.6. The van der Waals surface area contributed by atoms with Crippen molar-refractivity contribution in [1.82, 2.24) is 15.3 Å². The van der Waals surface area contributed by atoms with Crippen LogP contribution >= 0.6 is 0 Å². The minimum atomic E-state index is -2.83. The molecule has 1 N–H and O–H groups in total. The lowest BCUT2D eigenvalue weighted by Gasteiger charge is -2.32. The number of carbonyl (C=O) groups is 1. The third kappa shape index (κ3) is 5.87. The molecule has 1 aliphatic heterocycles. The predicted octanol–water partition coefficient (Wildman–Crippen LogP) is 4.31. The molecule has 3 fully saturated rings. The summed E-state index contributed by atoms with van der Waals surface area (Å²) < 4.78 is 46.0. The molecule has 1 saturated heterocycles. The number of aryl methyl sites for hydroxylation is 1. The molecule has 2 aliphatic carbocycles. The number of hydrogen-bond donors (Lipinski definition) is 1. The van der Waals surface area contributed by atoms with Gasteiger partial charge in [-0.2, -0.15) is 0 Å². The number of hydrogen-bond acceptors (Lipinski definition) is 5. The molecule has 1 aromatic heterocycles. The Labute approximate surface area is 203 Å². The van der Waals surface area contributed by atoms with Gasteiger partial charge < -0.3 is 15.0 Å². The van der Waals surface area contributed by atoms with E-state index in [0.717, 1.165) is 55.7 Å². The van der Waals surface area contributed by atoms with Crippen LogP contribution in [0.3, 0.4) is 0 Å². The minimum absolute atomic E-state index is 0.170. The summed E-state index contributed by atoms with van der Waals surface area (Å²) in [7, 11) is 0. The van der Waals surface area contributed by atoms with Crippen LogP contribution in [0.2, 0.25) is 0 Å². The Balaban J connectivity index is 1.01. The number of alkyl halides is 2. The number of piperidine rings is 1. The molecule has 188 valence electrons. The lowest BCUT2D eigenvalue weighted by Crippen LogP contribution is -2.35. The van der Waals surface area contributed by atoms with Crippen LogP contribution < -0.4 is 15.0 Å². The van der Waals surface area contributed by atoms with Crippen molar-refractivity contribution < 1.29 is 22.7 Å². The highest BCUT2D eigenvalue weighted by atomic mass is 19.3. The van der Waals surface area contributed by atoms with E-state index in [1.54, 1.807) is 6.07 Å². The Bertz CT molecular complexity index is 1060. The SMILES string of the molecule is Cc1cnc(N2CCC([C@H]3C[C@H]3CCOc3ccc(CC(=O)NC4CC4(F)F)c(F)c3)CC2)nc1. The number of nitrogens with one attached hydrogen (secondary N) is 1.